The summed E-state index contributed by atoms with van der Waals surface area (Å²) in [4.78, 5) is 11.8. The number of rotatable bonds is 3. The number of likely N-dealkylation sites (N-methyl/N-ethyl adjacent to an activating group) is 1. The molecule has 1 aliphatic heterocycles. The molecule has 1 heterocycles. The number of amides is 1. The second-order valence-corrected chi connectivity index (χ2v) is 7.34. The lowest BCUT2D eigenvalue weighted by Gasteiger charge is -2.23. The lowest BCUT2D eigenvalue weighted by atomic mass is 10.2. The summed E-state index contributed by atoms with van der Waals surface area (Å²) in [6.45, 7) is 0.329. The quantitative estimate of drug-likeness (QED) is 0.783. The predicted molar refractivity (Wildman–Crippen MR) is 79.5 cm³/mol. The Labute approximate surface area is 126 Å². The van der Waals surface area contributed by atoms with Crippen molar-refractivity contribution < 1.29 is 13.2 Å². The van der Waals surface area contributed by atoms with Gasteiger partial charge in [-0.05, 0) is 31.0 Å². The van der Waals surface area contributed by atoms with Gasteiger partial charge in [0, 0.05) is 18.1 Å². The van der Waals surface area contributed by atoms with E-state index >= 15 is 0 Å². The molecule has 1 fully saturated rings. The van der Waals surface area contributed by atoms with Gasteiger partial charge < -0.3 is 11.1 Å². The van der Waals surface area contributed by atoms with Crippen LogP contribution in [0.25, 0.3) is 0 Å². The highest BCUT2D eigenvalue weighted by atomic mass is 79.9. The van der Waals surface area contributed by atoms with Crippen LogP contribution in [0.1, 0.15) is 12.8 Å². The summed E-state index contributed by atoms with van der Waals surface area (Å²) >= 11 is 3.24. The first kappa shape index (κ1) is 15.3. The number of nitrogens with two attached hydrogens (primary N) is 1. The molecule has 20 heavy (non-hydrogen) atoms. The van der Waals surface area contributed by atoms with Gasteiger partial charge in [0.05, 0.1) is 5.69 Å². The molecule has 1 unspecified atom stereocenters. The molecule has 6 nitrogen and oxygen atoms in total. The average Bonchev–Trinajstić information content (AvgIpc) is 2.87. The Hall–Kier alpha value is -1.12. The molecule has 0 radical (unpaired) electrons. The zero-order valence-corrected chi connectivity index (χ0v) is 13.4. The highest BCUT2D eigenvalue weighted by Gasteiger charge is 2.39. The number of hydrogen-bond donors (Lipinski definition) is 2. The van der Waals surface area contributed by atoms with E-state index in [1.54, 1.807) is 6.07 Å². The Kier molecular flexibility index (Phi) is 4.36. The third kappa shape index (κ3) is 2.68. The minimum Gasteiger partial charge on any atom is -0.398 e. The van der Waals surface area contributed by atoms with Crippen LogP contribution < -0.4 is 11.1 Å². The van der Waals surface area contributed by atoms with Crippen LogP contribution in [0.4, 0.5) is 5.69 Å². The van der Waals surface area contributed by atoms with Crippen molar-refractivity contribution in [3.63, 3.8) is 0 Å². The SMILES string of the molecule is CNC(=O)C1CCCN1S(=O)(=O)c1ccc(Br)cc1N. The standard InChI is InChI=1S/C12H16BrN3O3S/c1-15-12(17)10-3-2-6-16(10)20(18,19)11-5-4-8(13)7-9(11)14/h4-5,7,10H,2-3,6,14H2,1H3,(H,15,17). The molecule has 3 N–H and O–H groups in total. The topological polar surface area (TPSA) is 92.5 Å². The maximum Gasteiger partial charge on any atom is 0.245 e. The molecule has 0 aromatic heterocycles. The van der Waals surface area contributed by atoms with Gasteiger partial charge in [-0.1, -0.05) is 15.9 Å². The molecule has 0 bridgehead atoms. The number of anilines is 1. The molecule has 1 amide bonds. The van der Waals surface area contributed by atoms with Crippen LogP contribution in [0.2, 0.25) is 0 Å². The van der Waals surface area contributed by atoms with Crippen molar-refractivity contribution in [2.24, 2.45) is 0 Å². The third-order valence-corrected chi connectivity index (χ3v) is 5.79. The number of nitrogen functional groups attached to an aromatic ring is 1. The van der Waals surface area contributed by atoms with Crippen LogP contribution >= 0.6 is 15.9 Å². The molecule has 0 saturated carbocycles. The van der Waals surface area contributed by atoms with E-state index in [4.69, 9.17) is 5.73 Å². The molecule has 1 aromatic carbocycles. The highest BCUT2D eigenvalue weighted by Crippen LogP contribution is 2.30. The molecule has 0 spiro atoms. The number of hydrogen-bond acceptors (Lipinski definition) is 4. The summed E-state index contributed by atoms with van der Waals surface area (Å²) in [5.74, 6) is -0.290. The zero-order valence-electron chi connectivity index (χ0n) is 11.0. The first-order valence-electron chi connectivity index (χ1n) is 6.16. The van der Waals surface area contributed by atoms with Gasteiger partial charge in [-0.2, -0.15) is 4.31 Å². The van der Waals surface area contributed by atoms with Gasteiger partial charge in [0.25, 0.3) is 0 Å². The minimum atomic E-state index is -3.76. The van der Waals surface area contributed by atoms with Gasteiger partial charge in [0.15, 0.2) is 0 Å². The highest BCUT2D eigenvalue weighted by molar-refractivity contribution is 9.10. The molecule has 1 aromatic rings. The third-order valence-electron chi connectivity index (χ3n) is 3.31. The number of halogens is 1. The summed E-state index contributed by atoms with van der Waals surface area (Å²) < 4.78 is 27.2. The van der Waals surface area contributed by atoms with E-state index in [-0.39, 0.29) is 16.5 Å². The number of benzene rings is 1. The molecule has 1 aliphatic rings. The fraction of sp³-hybridized carbons (Fsp3) is 0.417. The van der Waals surface area contributed by atoms with Crippen LogP contribution in [0.15, 0.2) is 27.6 Å². The predicted octanol–water partition coefficient (Wildman–Crippen LogP) is 0.930. The molecule has 1 saturated heterocycles. The minimum absolute atomic E-state index is 0.0384. The van der Waals surface area contributed by atoms with E-state index in [1.807, 2.05) is 0 Å². The molecule has 2 rings (SSSR count). The lowest BCUT2D eigenvalue weighted by Crippen LogP contribution is -2.44. The summed E-state index contributed by atoms with van der Waals surface area (Å²) in [5.41, 5.74) is 5.96. The van der Waals surface area contributed by atoms with E-state index < -0.39 is 16.1 Å². The van der Waals surface area contributed by atoms with Gasteiger partial charge in [-0.3, -0.25) is 4.79 Å². The van der Waals surface area contributed by atoms with Gasteiger partial charge in [-0.15, -0.1) is 0 Å². The summed E-state index contributed by atoms with van der Waals surface area (Å²) in [6, 6.07) is 3.95. The Morgan fingerprint density at radius 1 is 1.50 bits per heavy atom. The first-order chi connectivity index (χ1) is 9.37. The molecule has 1 atom stereocenters. The fourth-order valence-corrected chi connectivity index (χ4v) is 4.47. The van der Waals surface area contributed by atoms with Crippen molar-refractivity contribution in [2.45, 2.75) is 23.8 Å². The number of carbonyl (C=O) groups excluding carboxylic acids is 1. The second kappa shape index (κ2) is 5.71. The first-order valence-corrected chi connectivity index (χ1v) is 8.39. The molecule has 110 valence electrons. The Balaban J connectivity index is 2.41. The molecular formula is C12H16BrN3O3S. The monoisotopic (exact) mass is 361 g/mol. The summed E-state index contributed by atoms with van der Waals surface area (Å²) in [5, 5.41) is 2.50. The average molecular weight is 362 g/mol. The van der Waals surface area contributed by atoms with E-state index in [2.05, 4.69) is 21.2 Å². The Morgan fingerprint density at radius 2 is 2.20 bits per heavy atom. The van der Waals surface area contributed by atoms with Crippen molar-refractivity contribution in [1.29, 1.82) is 0 Å². The summed E-state index contributed by atoms with van der Waals surface area (Å²) in [6.07, 6.45) is 1.18. The smallest absolute Gasteiger partial charge is 0.245 e. The molecule has 0 aliphatic carbocycles. The zero-order chi connectivity index (χ0) is 14.9. The largest absolute Gasteiger partial charge is 0.398 e. The van der Waals surface area contributed by atoms with Crippen molar-refractivity contribution in [3.8, 4) is 0 Å². The molecule has 8 heteroatoms. The van der Waals surface area contributed by atoms with E-state index in [9.17, 15) is 13.2 Å². The lowest BCUT2D eigenvalue weighted by molar-refractivity contribution is -0.123. The van der Waals surface area contributed by atoms with Gasteiger partial charge in [-0.25, -0.2) is 8.42 Å². The van der Waals surface area contributed by atoms with Gasteiger partial charge in [0.1, 0.15) is 10.9 Å². The number of carbonyl (C=O) groups is 1. The maximum absolute atomic E-state index is 12.6. The number of nitrogens with one attached hydrogen (secondary N) is 1. The van der Waals surface area contributed by atoms with E-state index in [0.29, 0.717) is 23.9 Å². The van der Waals surface area contributed by atoms with Crippen LogP contribution in [0, 0.1) is 0 Å². The molecular weight excluding hydrogens is 346 g/mol. The Morgan fingerprint density at radius 3 is 2.80 bits per heavy atom. The van der Waals surface area contributed by atoms with Crippen LogP contribution in [-0.4, -0.2) is 38.3 Å². The second-order valence-electron chi connectivity index (χ2n) is 4.57. The van der Waals surface area contributed by atoms with Crippen LogP contribution in [-0.2, 0) is 14.8 Å². The van der Waals surface area contributed by atoms with E-state index in [0.717, 1.165) is 0 Å². The fourth-order valence-electron chi connectivity index (χ4n) is 2.34. The normalized spacial score (nSPS) is 20.0. The number of nitrogens with zero attached hydrogens (tertiary/aromatic N) is 1. The van der Waals surface area contributed by atoms with Crippen molar-refractivity contribution in [3.05, 3.63) is 22.7 Å². The Bertz CT molecular complexity index is 633. The van der Waals surface area contributed by atoms with Gasteiger partial charge in [0.2, 0.25) is 15.9 Å². The van der Waals surface area contributed by atoms with Crippen molar-refractivity contribution in [2.75, 3.05) is 19.3 Å². The van der Waals surface area contributed by atoms with Crippen molar-refractivity contribution in [1.82, 2.24) is 9.62 Å². The number of sulfonamides is 1. The summed E-state index contributed by atoms with van der Waals surface area (Å²) in [7, 11) is -2.26. The maximum atomic E-state index is 12.6. The van der Waals surface area contributed by atoms with Gasteiger partial charge >= 0.3 is 0 Å². The van der Waals surface area contributed by atoms with Crippen LogP contribution in [0.3, 0.4) is 0 Å². The van der Waals surface area contributed by atoms with E-state index in [1.165, 1.54) is 23.5 Å². The van der Waals surface area contributed by atoms with Crippen LogP contribution in [0.5, 0.6) is 0 Å². The van der Waals surface area contributed by atoms with Crippen molar-refractivity contribution >= 4 is 37.5 Å².